The molecule has 0 unspecified atom stereocenters. The van der Waals surface area contributed by atoms with E-state index >= 15 is 0 Å². The van der Waals surface area contributed by atoms with E-state index < -0.39 is 0 Å². The molecule has 0 radical (unpaired) electrons. The van der Waals surface area contributed by atoms with Gasteiger partial charge >= 0.3 is 0 Å². The van der Waals surface area contributed by atoms with Gasteiger partial charge in [0.2, 0.25) is 0 Å². The van der Waals surface area contributed by atoms with Crippen LogP contribution in [0.4, 0.5) is 0 Å². The Morgan fingerprint density at radius 1 is 1.32 bits per heavy atom. The Morgan fingerprint density at radius 3 is 2.95 bits per heavy atom. The van der Waals surface area contributed by atoms with E-state index in [2.05, 4.69) is 44.5 Å². The van der Waals surface area contributed by atoms with E-state index in [4.69, 9.17) is 5.73 Å². The fraction of sp³-hybridized carbons (Fsp3) is 0.375. The summed E-state index contributed by atoms with van der Waals surface area (Å²) >= 11 is 1.89. The predicted molar refractivity (Wildman–Crippen MR) is 94.0 cm³/mol. The number of nitrogens with one attached hydrogen (secondary N) is 2. The van der Waals surface area contributed by atoms with E-state index in [9.17, 15) is 0 Å². The van der Waals surface area contributed by atoms with Crippen LogP contribution in [0.2, 0.25) is 0 Å². The molecule has 1 heterocycles. The standard InChI is InChI=1S/C16H23N5S/c17-16(19-8-4-7-15-11-18-13-21-15)20-9-10-22-12-14-5-2-1-3-6-14/h1-3,5-6,11,13H,4,7-10,12H2,(H,18,21)(H3,17,19,20). The number of nitrogens with zero attached hydrogens (tertiary/aromatic N) is 2. The van der Waals surface area contributed by atoms with Crippen molar-refractivity contribution in [3.05, 3.63) is 54.1 Å². The first-order valence-corrected chi connectivity index (χ1v) is 8.63. The van der Waals surface area contributed by atoms with Gasteiger partial charge in [-0.25, -0.2) is 4.98 Å². The summed E-state index contributed by atoms with van der Waals surface area (Å²) in [6.07, 6.45) is 5.45. The molecule has 0 aliphatic heterocycles. The number of thioether (sulfide) groups is 1. The fourth-order valence-electron chi connectivity index (χ4n) is 1.96. The molecule has 0 spiro atoms. The number of benzene rings is 1. The highest BCUT2D eigenvalue weighted by Crippen LogP contribution is 2.10. The van der Waals surface area contributed by atoms with Crippen molar-refractivity contribution in [1.82, 2.24) is 15.3 Å². The highest BCUT2D eigenvalue weighted by Gasteiger charge is 1.96. The Labute approximate surface area is 135 Å². The van der Waals surface area contributed by atoms with Crippen LogP contribution < -0.4 is 11.1 Å². The van der Waals surface area contributed by atoms with Gasteiger partial charge in [-0.2, -0.15) is 11.8 Å². The van der Waals surface area contributed by atoms with E-state index in [1.807, 2.05) is 24.0 Å². The third-order valence-electron chi connectivity index (χ3n) is 3.11. The van der Waals surface area contributed by atoms with Crippen molar-refractivity contribution in [2.45, 2.75) is 18.6 Å². The molecule has 1 aromatic carbocycles. The van der Waals surface area contributed by atoms with Crippen molar-refractivity contribution < 1.29 is 0 Å². The predicted octanol–water partition coefficient (Wildman–Crippen LogP) is 2.18. The lowest BCUT2D eigenvalue weighted by atomic mass is 10.2. The maximum absolute atomic E-state index is 5.84. The van der Waals surface area contributed by atoms with E-state index in [-0.39, 0.29) is 0 Å². The molecular formula is C16H23N5S. The Kier molecular flexibility index (Phi) is 7.38. The number of aliphatic imine (C=N–C) groups is 1. The van der Waals surface area contributed by atoms with Gasteiger partial charge in [0.25, 0.3) is 0 Å². The van der Waals surface area contributed by atoms with Gasteiger partial charge in [-0.05, 0) is 18.4 Å². The lowest BCUT2D eigenvalue weighted by Crippen LogP contribution is -2.33. The zero-order valence-electron chi connectivity index (χ0n) is 12.7. The number of aromatic amines is 1. The van der Waals surface area contributed by atoms with Crippen LogP contribution in [0.15, 0.2) is 47.8 Å². The van der Waals surface area contributed by atoms with Crippen LogP contribution in [0.5, 0.6) is 0 Å². The third kappa shape index (κ3) is 6.67. The van der Waals surface area contributed by atoms with Crippen molar-refractivity contribution in [1.29, 1.82) is 0 Å². The van der Waals surface area contributed by atoms with Crippen LogP contribution in [0, 0.1) is 0 Å². The Bertz CT molecular complexity index is 539. The average molecular weight is 317 g/mol. The highest BCUT2D eigenvalue weighted by molar-refractivity contribution is 7.98. The normalized spacial score (nSPS) is 11.5. The lowest BCUT2D eigenvalue weighted by molar-refractivity contribution is 0.806. The van der Waals surface area contributed by atoms with E-state index in [1.54, 1.807) is 6.33 Å². The number of hydrogen-bond acceptors (Lipinski definition) is 3. The van der Waals surface area contributed by atoms with Gasteiger partial charge in [0.05, 0.1) is 6.33 Å². The van der Waals surface area contributed by atoms with Gasteiger partial charge in [-0.3, -0.25) is 4.99 Å². The highest BCUT2D eigenvalue weighted by atomic mass is 32.2. The molecule has 22 heavy (non-hydrogen) atoms. The summed E-state index contributed by atoms with van der Waals surface area (Å²) in [5.41, 5.74) is 8.33. The molecule has 0 saturated heterocycles. The number of imidazole rings is 1. The minimum atomic E-state index is 0.532. The van der Waals surface area contributed by atoms with Gasteiger partial charge in [0.1, 0.15) is 0 Å². The van der Waals surface area contributed by atoms with Crippen LogP contribution in [0.3, 0.4) is 0 Å². The van der Waals surface area contributed by atoms with E-state index in [0.29, 0.717) is 5.96 Å². The number of hydrogen-bond donors (Lipinski definition) is 3. The summed E-state index contributed by atoms with van der Waals surface area (Å²) in [6, 6.07) is 10.5. The van der Waals surface area contributed by atoms with Crippen LogP contribution in [0.1, 0.15) is 17.7 Å². The molecule has 4 N–H and O–H groups in total. The number of rotatable bonds is 9. The fourth-order valence-corrected chi connectivity index (χ4v) is 2.78. The average Bonchev–Trinajstić information content (AvgIpc) is 3.06. The number of H-pyrrole nitrogens is 1. The van der Waals surface area contributed by atoms with Crippen LogP contribution in [0.25, 0.3) is 0 Å². The minimum Gasteiger partial charge on any atom is -0.370 e. The Hall–Kier alpha value is -1.95. The maximum Gasteiger partial charge on any atom is 0.188 e. The van der Waals surface area contributed by atoms with Gasteiger partial charge in [-0.15, -0.1) is 0 Å². The molecule has 5 nitrogen and oxygen atoms in total. The summed E-state index contributed by atoms with van der Waals surface area (Å²) in [5, 5.41) is 3.15. The molecule has 2 aromatic rings. The number of aromatic nitrogens is 2. The second-order valence-corrected chi connectivity index (χ2v) is 6.02. The maximum atomic E-state index is 5.84. The Balaban J connectivity index is 1.49. The summed E-state index contributed by atoms with van der Waals surface area (Å²) in [5.74, 6) is 2.58. The lowest BCUT2D eigenvalue weighted by Gasteiger charge is -2.05. The number of aryl methyl sites for hydroxylation is 1. The third-order valence-corrected chi connectivity index (χ3v) is 4.14. The van der Waals surface area contributed by atoms with Crippen molar-refractivity contribution in [3.8, 4) is 0 Å². The molecule has 0 fully saturated rings. The smallest absolute Gasteiger partial charge is 0.188 e. The summed E-state index contributed by atoms with van der Waals surface area (Å²) < 4.78 is 0. The van der Waals surface area contributed by atoms with E-state index in [0.717, 1.165) is 43.1 Å². The first kappa shape index (κ1) is 16.4. The molecule has 1 aromatic heterocycles. The second kappa shape index (κ2) is 9.89. The van der Waals surface area contributed by atoms with Crippen LogP contribution in [-0.4, -0.2) is 34.8 Å². The number of nitrogens with two attached hydrogens (primary N) is 1. The summed E-state index contributed by atoms with van der Waals surface area (Å²) in [6.45, 7) is 1.57. The van der Waals surface area contributed by atoms with Gasteiger partial charge in [-0.1, -0.05) is 30.3 Å². The zero-order valence-corrected chi connectivity index (χ0v) is 13.5. The van der Waals surface area contributed by atoms with Crippen molar-refractivity contribution in [3.63, 3.8) is 0 Å². The molecule has 0 saturated carbocycles. The minimum absolute atomic E-state index is 0.532. The molecule has 118 valence electrons. The molecule has 0 aliphatic carbocycles. The molecule has 0 bridgehead atoms. The van der Waals surface area contributed by atoms with E-state index in [1.165, 1.54) is 5.56 Å². The van der Waals surface area contributed by atoms with Crippen molar-refractivity contribution in [2.75, 3.05) is 18.8 Å². The molecule has 6 heteroatoms. The quantitative estimate of drug-likeness (QED) is 0.376. The topological polar surface area (TPSA) is 79.1 Å². The molecule has 0 amide bonds. The monoisotopic (exact) mass is 317 g/mol. The SMILES string of the molecule is NC(=NCCCc1cnc[nH]1)NCCSCc1ccccc1. The largest absolute Gasteiger partial charge is 0.370 e. The Morgan fingerprint density at radius 2 is 2.18 bits per heavy atom. The first-order chi connectivity index (χ1) is 10.8. The summed E-state index contributed by atoms with van der Waals surface area (Å²) in [7, 11) is 0. The van der Waals surface area contributed by atoms with Crippen molar-refractivity contribution >= 4 is 17.7 Å². The molecule has 0 atom stereocenters. The molecule has 2 rings (SSSR count). The first-order valence-electron chi connectivity index (χ1n) is 7.47. The van der Waals surface area contributed by atoms with Crippen LogP contribution >= 0.6 is 11.8 Å². The van der Waals surface area contributed by atoms with Crippen molar-refractivity contribution in [2.24, 2.45) is 10.7 Å². The second-order valence-electron chi connectivity index (χ2n) is 4.91. The number of guanidine groups is 1. The summed E-state index contributed by atoms with van der Waals surface area (Å²) in [4.78, 5) is 11.4. The van der Waals surface area contributed by atoms with Gasteiger partial charge in [0, 0.05) is 36.5 Å². The zero-order chi connectivity index (χ0) is 15.5. The van der Waals surface area contributed by atoms with Gasteiger partial charge in [0.15, 0.2) is 5.96 Å². The molecular weight excluding hydrogens is 294 g/mol. The van der Waals surface area contributed by atoms with Crippen LogP contribution in [-0.2, 0) is 12.2 Å². The van der Waals surface area contributed by atoms with Gasteiger partial charge < -0.3 is 16.0 Å². The molecule has 0 aliphatic rings.